The molecular weight excluding hydrogens is 116 g/mol. The zero-order chi connectivity index (χ0) is 7.11. The highest BCUT2D eigenvalue weighted by Crippen LogP contribution is 1.86. The largest absolute Gasteiger partial charge is 0.396 e. The van der Waals surface area contributed by atoms with E-state index in [1.165, 1.54) is 0 Å². The number of nitrogens with one attached hydrogen (secondary N) is 1. The van der Waals surface area contributed by atoms with Crippen LogP contribution in [0, 0.1) is 17.2 Å². The third-order valence-corrected chi connectivity index (χ3v) is 1.01. The molecule has 0 amide bonds. The molecule has 0 aromatic rings. The van der Waals surface area contributed by atoms with Crippen LogP contribution in [0.2, 0.25) is 0 Å². The number of hydrogen-bond donors (Lipinski definition) is 2. The fourth-order valence-corrected chi connectivity index (χ4v) is 0.439. The van der Waals surface area contributed by atoms with Gasteiger partial charge in [0.05, 0.1) is 12.6 Å². The molecule has 0 bridgehead atoms. The highest BCUT2D eigenvalue weighted by atomic mass is 16.3. The Bertz CT molecular complexity index is 97.7. The van der Waals surface area contributed by atoms with Gasteiger partial charge in [-0.3, -0.25) is 0 Å². The Balaban J connectivity index is 2.99. The van der Waals surface area contributed by atoms with E-state index >= 15 is 0 Å². The maximum absolute atomic E-state index is 8.51. The van der Waals surface area contributed by atoms with Crippen LogP contribution in [0.5, 0.6) is 0 Å². The normalized spacial score (nSPS) is 12.6. The number of aliphatic hydroxyl groups is 1. The standard InChI is InChI=1S/C6H12N2O/c1-6(5-9)4-8-3-2-7/h6,8-9H,3-5H2,1H3. The maximum Gasteiger partial charge on any atom is 0.0841 e. The molecular formula is C6H12N2O. The average molecular weight is 128 g/mol. The lowest BCUT2D eigenvalue weighted by atomic mass is 10.2. The van der Waals surface area contributed by atoms with Crippen molar-refractivity contribution in [3.8, 4) is 6.07 Å². The van der Waals surface area contributed by atoms with Gasteiger partial charge in [0, 0.05) is 13.2 Å². The van der Waals surface area contributed by atoms with Gasteiger partial charge in [-0.1, -0.05) is 6.92 Å². The van der Waals surface area contributed by atoms with E-state index in [9.17, 15) is 0 Å². The monoisotopic (exact) mass is 128 g/mol. The molecule has 0 radical (unpaired) electrons. The lowest BCUT2D eigenvalue weighted by molar-refractivity contribution is 0.235. The van der Waals surface area contributed by atoms with Crippen LogP contribution in [0.1, 0.15) is 6.92 Å². The summed E-state index contributed by atoms with van der Waals surface area (Å²) < 4.78 is 0. The van der Waals surface area contributed by atoms with Crippen molar-refractivity contribution in [1.82, 2.24) is 5.32 Å². The van der Waals surface area contributed by atoms with Crippen LogP contribution in [0.3, 0.4) is 0 Å². The molecule has 0 aromatic carbocycles. The summed E-state index contributed by atoms with van der Waals surface area (Å²) in [5, 5.41) is 19.5. The van der Waals surface area contributed by atoms with E-state index in [1.54, 1.807) is 0 Å². The molecule has 0 aromatic heterocycles. The minimum Gasteiger partial charge on any atom is -0.396 e. The van der Waals surface area contributed by atoms with Crippen molar-refractivity contribution >= 4 is 0 Å². The summed E-state index contributed by atoms with van der Waals surface area (Å²) in [5.74, 6) is 0.248. The third-order valence-electron chi connectivity index (χ3n) is 1.01. The van der Waals surface area contributed by atoms with Gasteiger partial charge >= 0.3 is 0 Å². The predicted molar refractivity (Wildman–Crippen MR) is 34.7 cm³/mol. The molecule has 0 saturated carbocycles. The van der Waals surface area contributed by atoms with Crippen molar-refractivity contribution in [1.29, 1.82) is 5.26 Å². The smallest absolute Gasteiger partial charge is 0.0841 e. The number of hydrogen-bond acceptors (Lipinski definition) is 3. The Hall–Kier alpha value is -0.590. The van der Waals surface area contributed by atoms with Crippen molar-refractivity contribution in [2.45, 2.75) is 6.92 Å². The molecule has 0 saturated heterocycles. The zero-order valence-electron chi connectivity index (χ0n) is 5.59. The highest BCUT2D eigenvalue weighted by Gasteiger charge is 1.96. The van der Waals surface area contributed by atoms with Crippen LogP contribution in [0.25, 0.3) is 0 Å². The van der Waals surface area contributed by atoms with E-state index in [0.717, 1.165) is 0 Å². The molecule has 3 heteroatoms. The molecule has 0 heterocycles. The Morgan fingerprint density at radius 2 is 2.44 bits per heavy atom. The molecule has 2 N–H and O–H groups in total. The molecule has 0 fully saturated rings. The summed E-state index contributed by atoms with van der Waals surface area (Å²) in [4.78, 5) is 0. The van der Waals surface area contributed by atoms with Gasteiger partial charge in [-0.2, -0.15) is 5.26 Å². The summed E-state index contributed by atoms with van der Waals surface area (Å²) in [5.41, 5.74) is 0. The van der Waals surface area contributed by atoms with Gasteiger partial charge < -0.3 is 10.4 Å². The Labute approximate surface area is 55.3 Å². The minimum absolute atomic E-state index is 0.179. The summed E-state index contributed by atoms with van der Waals surface area (Å²) in [6, 6.07) is 1.95. The first kappa shape index (κ1) is 8.41. The summed E-state index contributed by atoms with van der Waals surface area (Å²) in [7, 11) is 0. The summed E-state index contributed by atoms with van der Waals surface area (Å²) in [6.07, 6.45) is 0. The molecule has 52 valence electrons. The van der Waals surface area contributed by atoms with Gasteiger partial charge in [0.15, 0.2) is 0 Å². The summed E-state index contributed by atoms with van der Waals surface area (Å²) in [6.45, 7) is 3.18. The first-order valence-corrected chi connectivity index (χ1v) is 2.99. The molecule has 0 aliphatic rings. The summed E-state index contributed by atoms with van der Waals surface area (Å²) >= 11 is 0. The maximum atomic E-state index is 8.51. The van der Waals surface area contributed by atoms with E-state index < -0.39 is 0 Å². The number of nitrogens with zero attached hydrogens (tertiary/aromatic N) is 1. The molecule has 3 nitrogen and oxygen atoms in total. The van der Waals surface area contributed by atoms with E-state index in [4.69, 9.17) is 10.4 Å². The minimum atomic E-state index is 0.179. The Morgan fingerprint density at radius 1 is 1.78 bits per heavy atom. The second-order valence-electron chi connectivity index (χ2n) is 2.08. The van der Waals surface area contributed by atoms with Crippen molar-refractivity contribution in [2.24, 2.45) is 5.92 Å². The molecule has 9 heavy (non-hydrogen) atoms. The molecule has 1 unspecified atom stereocenters. The second-order valence-corrected chi connectivity index (χ2v) is 2.08. The lowest BCUT2D eigenvalue weighted by Crippen LogP contribution is -2.23. The first-order valence-electron chi connectivity index (χ1n) is 2.99. The predicted octanol–water partition coefficient (Wildman–Crippen LogP) is -0.272. The Kier molecular flexibility index (Phi) is 5.18. The first-order chi connectivity index (χ1) is 4.31. The van der Waals surface area contributed by atoms with Gasteiger partial charge in [0.2, 0.25) is 0 Å². The number of aliphatic hydroxyl groups excluding tert-OH is 1. The number of rotatable bonds is 4. The van der Waals surface area contributed by atoms with Crippen LogP contribution >= 0.6 is 0 Å². The van der Waals surface area contributed by atoms with Crippen molar-refractivity contribution in [3.63, 3.8) is 0 Å². The van der Waals surface area contributed by atoms with Crippen molar-refractivity contribution in [3.05, 3.63) is 0 Å². The van der Waals surface area contributed by atoms with E-state index in [1.807, 2.05) is 13.0 Å². The van der Waals surface area contributed by atoms with Gasteiger partial charge in [-0.15, -0.1) is 0 Å². The SMILES string of the molecule is CC(CO)CNCC#N. The lowest BCUT2D eigenvalue weighted by Gasteiger charge is -2.05. The molecule has 0 rings (SSSR count). The van der Waals surface area contributed by atoms with Crippen LogP contribution in [-0.2, 0) is 0 Å². The fraction of sp³-hybridized carbons (Fsp3) is 0.833. The van der Waals surface area contributed by atoms with Gasteiger partial charge in [-0.25, -0.2) is 0 Å². The fourth-order valence-electron chi connectivity index (χ4n) is 0.439. The molecule has 0 aliphatic heterocycles. The third kappa shape index (κ3) is 5.28. The molecule has 1 atom stereocenters. The topological polar surface area (TPSA) is 56.0 Å². The molecule has 0 aliphatic carbocycles. The second kappa shape index (κ2) is 5.54. The average Bonchev–Trinajstić information content (AvgIpc) is 1.89. The number of nitriles is 1. The van der Waals surface area contributed by atoms with Crippen LogP contribution in [0.15, 0.2) is 0 Å². The Morgan fingerprint density at radius 3 is 2.89 bits per heavy atom. The van der Waals surface area contributed by atoms with E-state index in [0.29, 0.717) is 13.1 Å². The van der Waals surface area contributed by atoms with Crippen LogP contribution in [-0.4, -0.2) is 24.8 Å². The van der Waals surface area contributed by atoms with Crippen molar-refractivity contribution < 1.29 is 5.11 Å². The van der Waals surface area contributed by atoms with Gasteiger partial charge in [0.1, 0.15) is 0 Å². The zero-order valence-corrected chi connectivity index (χ0v) is 5.59. The highest BCUT2D eigenvalue weighted by molar-refractivity contribution is 4.73. The van der Waals surface area contributed by atoms with Gasteiger partial charge in [0.25, 0.3) is 0 Å². The van der Waals surface area contributed by atoms with Crippen molar-refractivity contribution in [2.75, 3.05) is 19.7 Å². The molecule has 0 spiro atoms. The van der Waals surface area contributed by atoms with Crippen LogP contribution < -0.4 is 5.32 Å². The van der Waals surface area contributed by atoms with Gasteiger partial charge in [-0.05, 0) is 5.92 Å². The quantitative estimate of drug-likeness (QED) is 0.404. The van der Waals surface area contributed by atoms with Crippen LogP contribution in [0.4, 0.5) is 0 Å². The van der Waals surface area contributed by atoms with E-state index in [2.05, 4.69) is 5.32 Å². The van der Waals surface area contributed by atoms with E-state index in [-0.39, 0.29) is 12.5 Å².